The molecule has 1 atom stereocenters. The van der Waals surface area contributed by atoms with Gasteiger partial charge >= 0.3 is 0 Å². The van der Waals surface area contributed by atoms with Gasteiger partial charge in [-0.3, -0.25) is 10.1 Å². The number of rotatable bonds is 5. The van der Waals surface area contributed by atoms with Gasteiger partial charge in [0.25, 0.3) is 5.69 Å². The maximum absolute atomic E-state index is 13.4. The van der Waals surface area contributed by atoms with Crippen molar-refractivity contribution >= 4 is 15.7 Å². The van der Waals surface area contributed by atoms with E-state index in [2.05, 4.69) is 0 Å². The molecule has 0 amide bonds. The lowest BCUT2D eigenvalue weighted by Crippen LogP contribution is -2.31. The number of nitro groups is 1. The van der Waals surface area contributed by atoms with E-state index < -0.39 is 14.9 Å². The third-order valence-corrected chi connectivity index (χ3v) is 7.12. The van der Waals surface area contributed by atoms with Crippen molar-refractivity contribution in [2.24, 2.45) is 0 Å². The Hall–Kier alpha value is -2.45. The molecule has 0 spiro atoms. The van der Waals surface area contributed by atoms with Gasteiger partial charge in [0.05, 0.1) is 23.0 Å². The second kappa shape index (κ2) is 7.28. The molecule has 27 heavy (non-hydrogen) atoms. The highest BCUT2D eigenvalue weighted by Crippen LogP contribution is 2.39. The summed E-state index contributed by atoms with van der Waals surface area (Å²) in [5.41, 5.74) is 1.76. The fraction of sp³-hybridized carbons (Fsp3) is 0.368. The van der Waals surface area contributed by atoms with Crippen LogP contribution in [0.5, 0.6) is 5.75 Å². The summed E-state index contributed by atoms with van der Waals surface area (Å²) in [6, 6.07) is 9.61. The first-order valence-electron chi connectivity index (χ1n) is 8.67. The van der Waals surface area contributed by atoms with Gasteiger partial charge < -0.3 is 4.74 Å². The van der Waals surface area contributed by atoms with Gasteiger partial charge in [-0.2, -0.15) is 4.31 Å². The molecule has 7 nitrogen and oxygen atoms in total. The van der Waals surface area contributed by atoms with Crippen molar-refractivity contribution in [1.82, 2.24) is 4.31 Å². The average Bonchev–Trinajstić information content (AvgIpc) is 3.14. The van der Waals surface area contributed by atoms with Crippen LogP contribution in [0.1, 0.15) is 35.6 Å². The first kappa shape index (κ1) is 19.3. The summed E-state index contributed by atoms with van der Waals surface area (Å²) in [7, 11) is -2.31. The minimum absolute atomic E-state index is 0.00370. The molecule has 1 aliphatic rings. The predicted molar refractivity (Wildman–Crippen MR) is 101 cm³/mol. The van der Waals surface area contributed by atoms with Gasteiger partial charge in [-0.05, 0) is 55.5 Å². The van der Waals surface area contributed by atoms with Crippen molar-refractivity contribution < 1.29 is 18.1 Å². The number of non-ortho nitro benzene ring substituents is 1. The Bertz CT molecular complexity index is 988. The van der Waals surface area contributed by atoms with E-state index in [1.165, 1.54) is 16.4 Å². The molecule has 0 radical (unpaired) electrons. The Balaban J connectivity index is 2.07. The van der Waals surface area contributed by atoms with Crippen molar-refractivity contribution in [3.05, 3.63) is 63.2 Å². The first-order chi connectivity index (χ1) is 12.8. The first-order valence-corrected chi connectivity index (χ1v) is 10.1. The van der Waals surface area contributed by atoms with Crippen molar-refractivity contribution in [2.75, 3.05) is 13.7 Å². The maximum atomic E-state index is 13.4. The van der Waals surface area contributed by atoms with Crippen molar-refractivity contribution in [3.63, 3.8) is 0 Å². The molecule has 0 N–H and O–H groups in total. The molecule has 1 fully saturated rings. The molecular formula is C19H22N2O5S. The minimum Gasteiger partial charge on any atom is -0.497 e. The highest BCUT2D eigenvalue weighted by atomic mass is 32.2. The van der Waals surface area contributed by atoms with Crippen LogP contribution in [0.2, 0.25) is 0 Å². The van der Waals surface area contributed by atoms with E-state index in [9.17, 15) is 18.5 Å². The molecule has 1 unspecified atom stereocenters. The number of sulfonamides is 1. The fourth-order valence-electron chi connectivity index (χ4n) is 3.52. The minimum atomic E-state index is -3.88. The quantitative estimate of drug-likeness (QED) is 0.573. The molecule has 1 saturated heterocycles. The highest BCUT2D eigenvalue weighted by Gasteiger charge is 2.38. The number of methoxy groups -OCH3 is 1. The van der Waals surface area contributed by atoms with E-state index in [0.717, 1.165) is 12.0 Å². The average molecular weight is 390 g/mol. The smallest absolute Gasteiger partial charge is 0.271 e. The zero-order chi connectivity index (χ0) is 19.8. The van der Waals surface area contributed by atoms with Crippen molar-refractivity contribution in [1.29, 1.82) is 0 Å². The number of hydrogen-bond donors (Lipinski definition) is 0. The molecule has 0 bridgehead atoms. The van der Waals surface area contributed by atoms with Crippen LogP contribution in [0.4, 0.5) is 5.69 Å². The Kier molecular flexibility index (Phi) is 5.21. The number of nitrogens with zero attached hydrogens (tertiary/aromatic N) is 2. The van der Waals surface area contributed by atoms with E-state index in [1.807, 2.05) is 24.3 Å². The van der Waals surface area contributed by atoms with Crippen molar-refractivity contribution in [2.45, 2.75) is 37.6 Å². The zero-order valence-corrected chi connectivity index (χ0v) is 16.3. The second-order valence-corrected chi connectivity index (χ2v) is 8.55. The zero-order valence-electron chi connectivity index (χ0n) is 15.5. The molecule has 0 aromatic heterocycles. The molecule has 1 heterocycles. The second-order valence-electron chi connectivity index (χ2n) is 6.69. The number of aryl methyl sites for hydroxylation is 1. The third-order valence-electron chi connectivity index (χ3n) is 5.08. The molecule has 2 aromatic carbocycles. The van der Waals surface area contributed by atoms with Gasteiger partial charge in [-0.25, -0.2) is 8.42 Å². The SMILES string of the molecule is COc1cccc(C2CCCN2S(=O)(=O)c2cc([N+](=O)[O-])cc(C)c2C)c1. The molecule has 1 aliphatic heterocycles. The van der Waals surface area contributed by atoms with Crippen LogP contribution >= 0.6 is 0 Å². The lowest BCUT2D eigenvalue weighted by molar-refractivity contribution is -0.385. The Morgan fingerprint density at radius 1 is 1.22 bits per heavy atom. The molecule has 0 aliphatic carbocycles. The largest absolute Gasteiger partial charge is 0.497 e. The Morgan fingerprint density at radius 2 is 1.96 bits per heavy atom. The molecule has 3 rings (SSSR count). The summed E-state index contributed by atoms with van der Waals surface area (Å²) < 4.78 is 33.5. The van der Waals surface area contributed by atoms with Crippen LogP contribution in [0, 0.1) is 24.0 Å². The molecule has 2 aromatic rings. The normalized spacial score (nSPS) is 17.8. The number of nitro benzene ring substituents is 1. The van der Waals surface area contributed by atoms with Crippen LogP contribution in [-0.2, 0) is 10.0 Å². The van der Waals surface area contributed by atoms with Crippen LogP contribution in [0.3, 0.4) is 0 Å². The van der Waals surface area contributed by atoms with E-state index in [1.54, 1.807) is 21.0 Å². The van der Waals surface area contributed by atoms with Crippen LogP contribution in [0.15, 0.2) is 41.3 Å². The topological polar surface area (TPSA) is 89.8 Å². The van der Waals surface area contributed by atoms with Gasteiger partial charge in [0.2, 0.25) is 10.0 Å². The number of benzene rings is 2. The van der Waals surface area contributed by atoms with E-state index >= 15 is 0 Å². The van der Waals surface area contributed by atoms with E-state index in [4.69, 9.17) is 4.74 Å². The summed E-state index contributed by atoms with van der Waals surface area (Å²) in [6.45, 7) is 3.75. The lowest BCUT2D eigenvalue weighted by atomic mass is 10.1. The standard InChI is InChI=1S/C19H22N2O5S/c1-13-10-16(21(22)23)12-19(14(13)2)27(24,25)20-9-5-8-18(20)15-6-4-7-17(11-15)26-3/h4,6-7,10-12,18H,5,8-9H2,1-3H3. The molecular weight excluding hydrogens is 368 g/mol. The monoisotopic (exact) mass is 390 g/mol. The summed E-state index contributed by atoms with van der Waals surface area (Å²) in [6.07, 6.45) is 1.42. The number of ether oxygens (including phenoxy) is 1. The van der Waals surface area contributed by atoms with Gasteiger partial charge in [0, 0.05) is 18.7 Å². The van der Waals surface area contributed by atoms with E-state index in [-0.39, 0.29) is 16.6 Å². The molecule has 144 valence electrons. The number of hydrogen-bond acceptors (Lipinski definition) is 5. The van der Waals surface area contributed by atoms with Crippen molar-refractivity contribution in [3.8, 4) is 5.75 Å². The van der Waals surface area contributed by atoms with Crippen LogP contribution < -0.4 is 4.74 Å². The Labute approximate surface area is 158 Å². The lowest BCUT2D eigenvalue weighted by Gasteiger charge is -2.25. The summed E-state index contributed by atoms with van der Waals surface area (Å²) in [5, 5.41) is 11.2. The highest BCUT2D eigenvalue weighted by molar-refractivity contribution is 7.89. The van der Waals surface area contributed by atoms with Gasteiger partial charge in [-0.1, -0.05) is 12.1 Å². The maximum Gasteiger partial charge on any atom is 0.271 e. The summed E-state index contributed by atoms with van der Waals surface area (Å²) >= 11 is 0. The van der Waals surface area contributed by atoms with Gasteiger partial charge in [0.1, 0.15) is 5.75 Å². The van der Waals surface area contributed by atoms with Crippen LogP contribution in [-0.4, -0.2) is 31.3 Å². The molecule has 0 saturated carbocycles. The van der Waals surface area contributed by atoms with Gasteiger partial charge in [0.15, 0.2) is 0 Å². The fourth-order valence-corrected chi connectivity index (χ4v) is 5.52. The molecule has 8 heteroatoms. The Morgan fingerprint density at radius 3 is 2.63 bits per heavy atom. The van der Waals surface area contributed by atoms with Gasteiger partial charge in [-0.15, -0.1) is 0 Å². The van der Waals surface area contributed by atoms with E-state index in [0.29, 0.717) is 29.8 Å². The van der Waals surface area contributed by atoms with Crippen LogP contribution in [0.25, 0.3) is 0 Å². The third kappa shape index (κ3) is 3.54. The predicted octanol–water partition coefficient (Wildman–Crippen LogP) is 3.75. The summed E-state index contributed by atoms with van der Waals surface area (Å²) in [4.78, 5) is 10.6. The summed E-state index contributed by atoms with van der Waals surface area (Å²) in [5.74, 6) is 0.666.